The van der Waals surface area contributed by atoms with E-state index in [-0.39, 0.29) is 6.04 Å². The fourth-order valence-corrected chi connectivity index (χ4v) is 5.55. The molecule has 5 rings (SSSR count). The van der Waals surface area contributed by atoms with Gasteiger partial charge < -0.3 is 10.1 Å². The largest absolute Gasteiger partial charge is 0.496 e. The van der Waals surface area contributed by atoms with Gasteiger partial charge in [0.2, 0.25) is 0 Å². The van der Waals surface area contributed by atoms with Crippen LogP contribution in [-0.4, -0.2) is 12.1 Å². The predicted octanol–water partition coefficient (Wildman–Crippen LogP) is 8.35. The summed E-state index contributed by atoms with van der Waals surface area (Å²) in [6.07, 6.45) is 5.14. The molecule has 0 aliphatic heterocycles. The first-order chi connectivity index (χ1) is 17.6. The summed E-state index contributed by atoms with van der Waals surface area (Å²) >= 11 is 0. The van der Waals surface area contributed by atoms with Crippen LogP contribution in [0.1, 0.15) is 60.7 Å². The van der Waals surface area contributed by atoms with Crippen LogP contribution in [0.15, 0.2) is 72.8 Å². The molecular formula is C33H36N2O. The van der Waals surface area contributed by atoms with E-state index in [0.29, 0.717) is 0 Å². The molecule has 0 spiro atoms. The Morgan fingerprint density at radius 2 is 1.64 bits per heavy atom. The minimum absolute atomic E-state index is 0.169. The predicted molar refractivity (Wildman–Crippen MR) is 151 cm³/mol. The van der Waals surface area contributed by atoms with Crippen LogP contribution in [0.4, 0.5) is 5.69 Å². The highest BCUT2D eigenvalue weighted by Crippen LogP contribution is 2.41. The van der Waals surface area contributed by atoms with E-state index in [4.69, 9.17) is 9.72 Å². The number of aryl methyl sites for hydroxylation is 4. The zero-order chi connectivity index (χ0) is 25.1. The number of hydrogen-bond donors (Lipinski definition) is 1. The van der Waals surface area contributed by atoms with Gasteiger partial charge in [-0.05, 0) is 72.9 Å². The monoisotopic (exact) mass is 476 g/mol. The Balaban J connectivity index is 1.55. The molecule has 3 aromatic carbocycles. The number of aromatic nitrogens is 1. The van der Waals surface area contributed by atoms with Gasteiger partial charge in [0.05, 0.1) is 24.5 Å². The molecule has 0 amide bonds. The summed E-state index contributed by atoms with van der Waals surface area (Å²) in [5.74, 6) is 0.942. The fraction of sp³-hybridized carbons (Fsp3) is 0.303. The van der Waals surface area contributed by atoms with Crippen molar-refractivity contribution in [1.82, 2.24) is 4.98 Å². The van der Waals surface area contributed by atoms with Crippen molar-refractivity contribution in [2.24, 2.45) is 0 Å². The van der Waals surface area contributed by atoms with E-state index in [2.05, 4.69) is 98.9 Å². The fourth-order valence-electron chi connectivity index (χ4n) is 5.55. The molecule has 1 heterocycles. The number of methoxy groups -OCH3 is 1. The van der Waals surface area contributed by atoms with Gasteiger partial charge >= 0.3 is 0 Å². The smallest absolute Gasteiger partial charge is 0.128 e. The minimum Gasteiger partial charge on any atom is -0.496 e. The first-order valence-corrected chi connectivity index (χ1v) is 13.2. The van der Waals surface area contributed by atoms with Crippen molar-refractivity contribution in [2.75, 3.05) is 12.4 Å². The molecule has 4 aromatic rings. The molecule has 1 aliphatic carbocycles. The number of anilines is 1. The van der Waals surface area contributed by atoms with E-state index in [1.165, 1.54) is 44.6 Å². The Labute approximate surface area is 215 Å². The maximum absolute atomic E-state index is 6.03. The van der Waals surface area contributed by atoms with Crippen LogP contribution in [0.2, 0.25) is 0 Å². The van der Waals surface area contributed by atoms with Gasteiger partial charge in [-0.1, -0.05) is 74.5 Å². The van der Waals surface area contributed by atoms with Crippen molar-refractivity contribution in [3.63, 3.8) is 0 Å². The second-order valence-electron chi connectivity index (χ2n) is 9.71. The van der Waals surface area contributed by atoms with E-state index in [9.17, 15) is 0 Å². The molecule has 1 aromatic heterocycles. The number of fused-ring (bicyclic) bond motifs is 1. The zero-order valence-electron chi connectivity index (χ0n) is 21.9. The van der Waals surface area contributed by atoms with Gasteiger partial charge in [-0.2, -0.15) is 0 Å². The summed E-state index contributed by atoms with van der Waals surface area (Å²) in [6, 6.07) is 26.2. The van der Waals surface area contributed by atoms with E-state index in [0.717, 1.165) is 49.2 Å². The van der Waals surface area contributed by atoms with E-state index < -0.39 is 0 Å². The summed E-state index contributed by atoms with van der Waals surface area (Å²) in [5, 5.41) is 3.87. The molecule has 36 heavy (non-hydrogen) atoms. The molecule has 3 nitrogen and oxygen atoms in total. The second-order valence-corrected chi connectivity index (χ2v) is 9.71. The highest BCUT2D eigenvalue weighted by molar-refractivity contribution is 5.72. The summed E-state index contributed by atoms with van der Waals surface area (Å²) in [6.45, 7) is 6.62. The number of benzene rings is 3. The summed E-state index contributed by atoms with van der Waals surface area (Å²) < 4.78 is 6.03. The third kappa shape index (κ3) is 4.63. The Bertz CT molecular complexity index is 1320. The van der Waals surface area contributed by atoms with Gasteiger partial charge in [-0.15, -0.1) is 0 Å². The zero-order valence-corrected chi connectivity index (χ0v) is 21.9. The summed E-state index contributed by atoms with van der Waals surface area (Å²) in [7, 11) is 1.79. The minimum atomic E-state index is 0.169. The normalized spacial score (nSPS) is 14.8. The van der Waals surface area contributed by atoms with Crippen LogP contribution >= 0.6 is 0 Å². The molecule has 1 aliphatic rings. The molecule has 0 saturated heterocycles. The Kier molecular flexibility index (Phi) is 7.09. The van der Waals surface area contributed by atoms with Crippen molar-refractivity contribution in [3.05, 3.63) is 101 Å². The standard InChI is InChI=1S/C33H36N2O/c1-5-23-14-10-15-24(6-2)32(23)30-21-31(36-4)33-27(16-11-17-28(33)35-30)34-29-20-26(19-18-22(29)3)25-12-8-7-9-13-25/h7-10,12-15,18-21,27,34H,5-6,11,16-17H2,1-4H3. The van der Waals surface area contributed by atoms with Crippen LogP contribution in [0.3, 0.4) is 0 Å². The van der Waals surface area contributed by atoms with Crippen molar-refractivity contribution in [3.8, 4) is 28.1 Å². The summed E-state index contributed by atoms with van der Waals surface area (Å²) in [5.41, 5.74) is 12.3. The number of rotatable bonds is 7. The number of nitrogens with zero attached hydrogens (tertiary/aromatic N) is 1. The van der Waals surface area contributed by atoms with E-state index in [1.807, 2.05) is 0 Å². The molecule has 1 unspecified atom stereocenters. The van der Waals surface area contributed by atoms with Crippen LogP contribution in [0, 0.1) is 6.92 Å². The Morgan fingerprint density at radius 1 is 0.889 bits per heavy atom. The van der Waals surface area contributed by atoms with Gasteiger partial charge in [0.25, 0.3) is 0 Å². The van der Waals surface area contributed by atoms with Gasteiger partial charge in [0, 0.05) is 22.9 Å². The van der Waals surface area contributed by atoms with Gasteiger partial charge in [-0.25, -0.2) is 0 Å². The molecule has 0 fully saturated rings. The molecule has 184 valence electrons. The average Bonchev–Trinajstić information content (AvgIpc) is 2.93. The lowest BCUT2D eigenvalue weighted by molar-refractivity contribution is 0.400. The second kappa shape index (κ2) is 10.6. The molecule has 3 heteroatoms. The third-order valence-electron chi connectivity index (χ3n) is 7.50. The number of nitrogens with one attached hydrogen (secondary N) is 1. The quantitative estimate of drug-likeness (QED) is 0.291. The maximum Gasteiger partial charge on any atom is 0.128 e. The third-order valence-corrected chi connectivity index (χ3v) is 7.50. The van der Waals surface area contributed by atoms with Gasteiger partial charge in [0.15, 0.2) is 0 Å². The van der Waals surface area contributed by atoms with Crippen molar-refractivity contribution < 1.29 is 4.74 Å². The number of hydrogen-bond acceptors (Lipinski definition) is 3. The topological polar surface area (TPSA) is 34.1 Å². The highest BCUT2D eigenvalue weighted by atomic mass is 16.5. The van der Waals surface area contributed by atoms with Crippen molar-refractivity contribution in [2.45, 2.75) is 58.9 Å². The first kappa shape index (κ1) is 24.1. The van der Waals surface area contributed by atoms with Gasteiger partial charge in [0.1, 0.15) is 5.75 Å². The molecule has 1 N–H and O–H groups in total. The Hall–Kier alpha value is -3.59. The molecule has 0 radical (unpaired) electrons. The van der Waals surface area contributed by atoms with Crippen LogP contribution in [0.5, 0.6) is 5.75 Å². The van der Waals surface area contributed by atoms with E-state index in [1.54, 1.807) is 7.11 Å². The Morgan fingerprint density at radius 3 is 2.33 bits per heavy atom. The lowest BCUT2D eigenvalue weighted by Gasteiger charge is -2.30. The SMILES string of the molecule is CCc1cccc(CC)c1-c1cc(OC)c2c(n1)CCCC2Nc1cc(-c2ccccc2)ccc1C. The molecule has 0 bridgehead atoms. The van der Waals surface area contributed by atoms with Crippen LogP contribution < -0.4 is 10.1 Å². The molecule has 0 saturated carbocycles. The first-order valence-electron chi connectivity index (χ1n) is 13.2. The molecule has 1 atom stereocenters. The molecular weight excluding hydrogens is 440 g/mol. The van der Waals surface area contributed by atoms with Gasteiger partial charge in [-0.3, -0.25) is 4.98 Å². The number of ether oxygens (including phenoxy) is 1. The van der Waals surface area contributed by atoms with Crippen LogP contribution in [0.25, 0.3) is 22.4 Å². The highest BCUT2D eigenvalue weighted by Gasteiger charge is 2.27. The maximum atomic E-state index is 6.03. The lowest BCUT2D eigenvalue weighted by atomic mass is 9.88. The summed E-state index contributed by atoms with van der Waals surface area (Å²) in [4.78, 5) is 5.27. The van der Waals surface area contributed by atoms with Crippen molar-refractivity contribution in [1.29, 1.82) is 0 Å². The average molecular weight is 477 g/mol. The lowest BCUT2D eigenvalue weighted by Crippen LogP contribution is -2.20. The van der Waals surface area contributed by atoms with Crippen LogP contribution in [-0.2, 0) is 19.3 Å². The van der Waals surface area contributed by atoms with Crippen molar-refractivity contribution >= 4 is 5.69 Å². The number of pyridine rings is 1. The van der Waals surface area contributed by atoms with E-state index >= 15 is 0 Å².